The Hall–Kier alpha value is -2.40. The van der Waals surface area contributed by atoms with Crippen molar-refractivity contribution in [1.82, 2.24) is 0 Å². The van der Waals surface area contributed by atoms with Crippen molar-refractivity contribution in [2.75, 3.05) is 6.61 Å². The lowest BCUT2D eigenvalue weighted by atomic mass is 9.72. The van der Waals surface area contributed by atoms with Gasteiger partial charge in [-0.15, -0.1) is 0 Å². The number of carbonyl (C=O) groups excluding carboxylic acids is 1. The van der Waals surface area contributed by atoms with Crippen LogP contribution in [0.5, 0.6) is 0 Å². The van der Waals surface area contributed by atoms with Crippen LogP contribution in [0.2, 0.25) is 0 Å². The van der Waals surface area contributed by atoms with E-state index >= 15 is 0 Å². The topological polar surface area (TPSA) is 60.4 Å². The van der Waals surface area contributed by atoms with E-state index in [1.54, 1.807) is 30.3 Å². The quantitative estimate of drug-likeness (QED) is 0.227. The third kappa shape index (κ3) is 7.85. The summed E-state index contributed by atoms with van der Waals surface area (Å²) in [4.78, 5) is 11.3. The fourth-order valence-electron chi connectivity index (χ4n) is 4.32. The van der Waals surface area contributed by atoms with Crippen LogP contribution in [0, 0.1) is 5.41 Å². The molecule has 1 aromatic carbocycles. The molecule has 0 spiro atoms. The highest BCUT2D eigenvalue weighted by atomic mass is 32.2. The van der Waals surface area contributed by atoms with Crippen molar-refractivity contribution in [1.29, 1.82) is 0 Å². The van der Waals surface area contributed by atoms with Gasteiger partial charge in [-0.25, -0.2) is 8.42 Å². The second kappa shape index (κ2) is 11.6. The van der Waals surface area contributed by atoms with Crippen LogP contribution in [0.1, 0.15) is 67.2 Å². The Labute approximate surface area is 200 Å². The molecule has 0 radical (unpaired) electrons. The first-order chi connectivity index (χ1) is 15.4. The standard InChI is InChI=1S/C28H38O4S/c1-21(14-15-27-23(3)11-10-17-28(27,5)6)19-26(20-22(2)16-18-32-24(4)29)33(30,31)25-12-8-7-9-13-25/h7-9,12-16,19,26H,10-11,17-18,20H2,1-6H3/b15-14-,21-19-,22-16-/t26-/m0/s1. The summed E-state index contributed by atoms with van der Waals surface area (Å²) in [6.45, 7) is 12.1. The molecule has 1 aliphatic carbocycles. The van der Waals surface area contributed by atoms with Crippen molar-refractivity contribution in [3.63, 3.8) is 0 Å². The summed E-state index contributed by atoms with van der Waals surface area (Å²) < 4.78 is 31.9. The molecule has 1 aliphatic rings. The number of rotatable bonds is 9. The van der Waals surface area contributed by atoms with Crippen molar-refractivity contribution < 1.29 is 17.9 Å². The highest BCUT2D eigenvalue weighted by Crippen LogP contribution is 2.40. The average Bonchev–Trinajstić information content (AvgIpc) is 2.72. The zero-order valence-corrected chi connectivity index (χ0v) is 21.7. The van der Waals surface area contributed by atoms with E-state index in [1.807, 2.05) is 32.1 Å². The minimum absolute atomic E-state index is 0.130. The van der Waals surface area contributed by atoms with Gasteiger partial charge in [-0.05, 0) is 75.7 Å². The van der Waals surface area contributed by atoms with Crippen molar-refractivity contribution >= 4 is 15.8 Å². The lowest BCUT2D eigenvalue weighted by Gasteiger charge is -2.33. The summed E-state index contributed by atoms with van der Waals surface area (Å²) in [6.07, 6.45) is 11.6. The molecular weight excluding hydrogens is 432 g/mol. The molecule has 0 heterocycles. The molecule has 1 atom stereocenters. The zero-order chi connectivity index (χ0) is 24.6. The molecule has 4 nitrogen and oxygen atoms in total. The lowest BCUT2D eigenvalue weighted by molar-refractivity contribution is -0.139. The number of hydrogen-bond acceptors (Lipinski definition) is 4. The molecule has 0 amide bonds. The second-order valence-corrected chi connectivity index (χ2v) is 11.8. The predicted octanol–water partition coefficient (Wildman–Crippen LogP) is 6.76. The number of benzene rings is 1. The van der Waals surface area contributed by atoms with Gasteiger partial charge in [0.1, 0.15) is 6.61 Å². The summed E-state index contributed by atoms with van der Waals surface area (Å²) in [5.41, 5.74) is 4.66. The number of hydrogen-bond donors (Lipinski definition) is 0. The minimum atomic E-state index is -3.58. The summed E-state index contributed by atoms with van der Waals surface area (Å²) in [5, 5.41) is -0.715. The monoisotopic (exact) mass is 470 g/mol. The molecule has 0 fully saturated rings. The summed E-state index contributed by atoms with van der Waals surface area (Å²) >= 11 is 0. The van der Waals surface area contributed by atoms with Gasteiger partial charge < -0.3 is 4.74 Å². The van der Waals surface area contributed by atoms with Crippen molar-refractivity contribution in [2.24, 2.45) is 5.41 Å². The Morgan fingerprint density at radius 3 is 2.42 bits per heavy atom. The largest absolute Gasteiger partial charge is 0.462 e. The Morgan fingerprint density at radius 2 is 1.82 bits per heavy atom. The van der Waals surface area contributed by atoms with Crippen molar-refractivity contribution in [3.8, 4) is 0 Å². The zero-order valence-electron chi connectivity index (χ0n) is 20.9. The first kappa shape index (κ1) is 26.8. The van der Waals surface area contributed by atoms with Gasteiger partial charge in [0, 0.05) is 6.92 Å². The van der Waals surface area contributed by atoms with Gasteiger partial charge in [0.05, 0.1) is 10.1 Å². The maximum Gasteiger partial charge on any atom is 0.302 e. The number of ether oxygens (including phenoxy) is 1. The smallest absolute Gasteiger partial charge is 0.302 e. The number of sulfone groups is 1. The Kier molecular flexibility index (Phi) is 9.47. The van der Waals surface area contributed by atoms with E-state index in [0.717, 1.165) is 24.0 Å². The minimum Gasteiger partial charge on any atom is -0.462 e. The van der Waals surface area contributed by atoms with Crippen LogP contribution in [0.25, 0.3) is 0 Å². The second-order valence-electron chi connectivity index (χ2n) is 9.63. The molecule has 0 N–H and O–H groups in total. The molecular formula is C28H38O4S. The van der Waals surface area contributed by atoms with Gasteiger partial charge in [0.2, 0.25) is 0 Å². The molecule has 1 aromatic rings. The van der Waals surface area contributed by atoms with Crippen LogP contribution in [0.3, 0.4) is 0 Å². The molecule has 0 aliphatic heterocycles. The predicted molar refractivity (Wildman–Crippen MR) is 136 cm³/mol. The Morgan fingerprint density at radius 1 is 1.15 bits per heavy atom. The first-order valence-corrected chi connectivity index (χ1v) is 13.1. The fraction of sp³-hybridized carbons (Fsp3) is 0.464. The SMILES string of the molecule is CC(=O)OC/C=C(/C)C[C@H](/C=C(C)\C=C/C1=C(C)CCCC1(C)C)S(=O)(=O)c1ccccc1. The normalized spacial score (nSPS) is 18.5. The third-order valence-electron chi connectivity index (χ3n) is 6.22. The van der Waals surface area contributed by atoms with E-state index in [1.165, 1.54) is 24.5 Å². The average molecular weight is 471 g/mol. The Balaban J connectivity index is 2.36. The maximum atomic E-state index is 13.5. The van der Waals surface area contributed by atoms with Crippen LogP contribution in [-0.2, 0) is 19.4 Å². The van der Waals surface area contributed by atoms with Crippen LogP contribution in [0.4, 0.5) is 0 Å². The summed E-state index contributed by atoms with van der Waals surface area (Å²) in [7, 11) is -3.58. The van der Waals surface area contributed by atoms with Crippen LogP contribution in [-0.4, -0.2) is 26.2 Å². The molecule has 33 heavy (non-hydrogen) atoms. The molecule has 0 unspecified atom stereocenters. The lowest BCUT2D eigenvalue weighted by Crippen LogP contribution is -2.20. The fourth-order valence-corrected chi connectivity index (χ4v) is 6.08. The highest BCUT2D eigenvalue weighted by molar-refractivity contribution is 7.92. The van der Waals surface area contributed by atoms with E-state index in [9.17, 15) is 13.2 Å². The van der Waals surface area contributed by atoms with Crippen LogP contribution < -0.4 is 0 Å². The maximum absolute atomic E-state index is 13.5. The van der Waals surface area contributed by atoms with Gasteiger partial charge in [-0.2, -0.15) is 0 Å². The van der Waals surface area contributed by atoms with E-state index in [4.69, 9.17) is 4.74 Å². The van der Waals surface area contributed by atoms with Gasteiger partial charge in [-0.1, -0.05) is 67.0 Å². The van der Waals surface area contributed by atoms with Crippen molar-refractivity contribution in [3.05, 3.63) is 76.9 Å². The third-order valence-corrected chi connectivity index (χ3v) is 8.25. The van der Waals surface area contributed by atoms with Gasteiger partial charge in [0.15, 0.2) is 9.84 Å². The number of allylic oxidation sites excluding steroid dienone is 6. The van der Waals surface area contributed by atoms with Crippen LogP contribution >= 0.6 is 0 Å². The molecule has 2 rings (SSSR count). The number of esters is 1. The van der Waals surface area contributed by atoms with E-state index in [2.05, 4.69) is 26.8 Å². The molecule has 0 saturated carbocycles. The molecule has 0 aromatic heterocycles. The highest BCUT2D eigenvalue weighted by Gasteiger charge is 2.27. The van der Waals surface area contributed by atoms with E-state index < -0.39 is 15.1 Å². The molecule has 0 bridgehead atoms. The molecule has 0 saturated heterocycles. The van der Waals surface area contributed by atoms with Crippen molar-refractivity contribution in [2.45, 2.75) is 77.4 Å². The number of carbonyl (C=O) groups is 1. The Bertz CT molecular complexity index is 1050. The van der Waals surface area contributed by atoms with Gasteiger partial charge >= 0.3 is 5.97 Å². The van der Waals surface area contributed by atoms with Gasteiger partial charge in [-0.3, -0.25) is 4.79 Å². The van der Waals surface area contributed by atoms with Gasteiger partial charge in [0.25, 0.3) is 0 Å². The molecule has 180 valence electrons. The first-order valence-electron chi connectivity index (χ1n) is 11.6. The van der Waals surface area contributed by atoms with E-state index in [-0.39, 0.29) is 18.0 Å². The molecule has 5 heteroatoms. The van der Waals surface area contributed by atoms with E-state index in [0.29, 0.717) is 11.3 Å². The summed E-state index contributed by atoms with van der Waals surface area (Å²) in [5.74, 6) is -0.358. The summed E-state index contributed by atoms with van der Waals surface area (Å²) in [6, 6.07) is 8.56. The van der Waals surface area contributed by atoms with Crippen LogP contribution in [0.15, 0.2) is 81.8 Å².